The molecule has 0 aliphatic rings. The fraction of sp³-hybridized carbons (Fsp3) is 0.0556. The van der Waals surface area contributed by atoms with Gasteiger partial charge < -0.3 is 15.1 Å². The zero-order chi connectivity index (χ0) is 17.6. The molecule has 2 aromatic heterocycles. The zero-order valence-electron chi connectivity index (χ0n) is 13.0. The number of anilines is 1. The quantitative estimate of drug-likeness (QED) is 0.700. The molecular formula is C18H14FN3O3. The number of rotatable bonds is 5. The van der Waals surface area contributed by atoms with Crippen molar-refractivity contribution in [2.45, 2.75) is 6.54 Å². The summed E-state index contributed by atoms with van der Waals surface area (Å²) in [6.45, 7) is 0.229. The fourth-order valence-corrected chi connectivity index (χ4v) is 2.19. The van der Waals surface area contributed by atoms with Gasteiger partial charge in [-0.1, -0.05) is 12.1 Å². The molecule has 0 spiro atoms. The van der Waals surface area contributed by atoms with Crippen LogP contribution in [0.4, 0.5) is 10.1 Å². The summed E-state index contributed by atoms with van der Waals surface area (Å²) in [6.07, 6.45) is 2.65. The molecule has 0 fully saturated rings. The van der Waals surface area contributed by atoms with E-state index in [2.05, 4.69) is 15.6 Å². The standard InChI is InChI=1S/C18H14FN3O3/c19-16-10-13(6-7-20-16)17(23)21-11-12-3-1-4-14(9-12)22-18(24)15-5-2-8-25-15/h1-10H,11H2,(H,21,23)(H,22,24). The van der Waals surface area contributed by atoms with Crippen LogP contribution in [-0.4, -0.2) is 16.8 Å². The molecule has 2 N–H and O–H groups in total. The monoisotopic (exact) mass is 339 g/mol. The van der Waals surface area contributed by atoms with E-state index in [-0.39, 0.29) is 23.8 Å². The van der Waals surface area contributed by atoms with E-state index in [9.17, 15) is 14.0 Å². The lowest BCUT2D eigenvalue weighted by molar-refractivity contribution is 0.0949. The van der Waals surface area contributed by atoms with E-state index >= 15 is 0 Å². The molecule has 0 radical (unpaired) electrons. The molecule has 0 unspecified atom stereocenters. The van der Waals surface area contributed by atoms with Crippen LogP contribution in [0.1, 0.15) is 26.5 Å². The van der Waals surface area contributed by atoms with Crippen LogP contribution in [0, 0.1) is 5.95 Å². The number of carbonyl (C=O) groups excluding carboxylic acids is 2. The first-order chi connectivity index (χ1) is 12.1. The molecule has 0 saturated heterocycles. The van der Waals surface area contributed by atoms with E-state index in [0.29, 0.717) is 5.69 Å². The van der Waals surface area contributed by atoms with Crippen molar-refractivity contribution in [1.82, 2.24) is 10.3 Å². The minimum absolute atomic E-state index is 0.190. The Morgan fingerprint density at radius 2 is 1.96 bits per heavy atom. The van der Waals surface area contributed by atoms with Gasteiger partial charge in [0.05, 0.1) is 6.26 Å². The average molecular weight is 339 g/mol. The highest BCUT2D eigenvalue weighted by atomic mass is 19.1. The van der Waals surface area contributed by atoms with Gasteiger partial charge in [-0.25, -0.2) is 4.98 Å². The number of amides is 2. The first-order valence-electron chi connectivity index (χ1n) is 7.45. The molecule has 0 aliphatic heterocycles. The number of nitrogens with zero attached hydrogens (tertiary/aromatic N) is 1. The Hall–Kier alpha value is -3.48. The highest BCUT2D eigenvalue weighted by Crippen LogP contribution is 2.13. The van der Waals surface area contributed by atoms with Gasteiger partial charge in [0, 0.05) is 30.1 Å². The lowest BCUT2D eigenvalue weighted by Gasteiger charge is -2.08. The van der Waals surface area contributed by atoms with Gasteiger partial charge >= 0.3 is 0 Å². The molecule has 3 rings (SSSR count). The summed E-state index contributed by atoms with van der Waals surface area (Å²) < 4.78 is 18.1. The molecule has 1 aromatic carbocycles. The molecule has 7 heteroatoms. The van der Waals surface area contributed by atoms with Gasteiger partial charge in [-0.3, -0.25) is 9.59 Å². The highest BCUT2D eigenvalue weighted by molar-refractivity contribution is 6.02. The molecular weight excluding hydrogens is 325 g/mol. The Balaban J connectivity index is 1.62. The number of aromatic nitrogens is 1. The summed E-state index contributed by atoms with van der Waals surface area (Å²) in [4.78, 5) is 27.4. The maximum Gasteiger partial charge on any atom is 0.291 e. The second-order valence-electron chi connectivity index (χ2n) is 5.18. The Morgan fingerprint density at radius 3 is 2.72 bits per heavy atom. The third-order valence-corrected chi connectivity index (χ3v) is 3.37. The topological polar surface area (TPSA) is 84.2 Å². The third-order valence-electron chi connectivity index (χ3n) is 3.37. The number of hydrogen-bond acceptors (Lipinski definition) is 4. The predicted octanol–water partition coefficient (Wildman–Crippen LogP) is 3.00. The Bertz CT molecular complexity index is 894. The molecule has 0 atom stereocenters. The van der Waals surface area contributed by atoms with Crippen LogP contribution in [0.3, 0.4) is 0 Å². The van der Waals surface area contributed by atoms with Crippen molar-refractivity contribution in [3.05, 3.63) is 83.8 Å². The molecule has 0 aliphatic carbocycles. The molecule has 3 aromatic rings. The van der Waals surface area contributed by atoms with Crippen molar-refractivity contribution in [1.29, 1.82) is 0 Å². The van der Waals surface area contributed by atoms with Crippen LogP contribution in [0.2, 0.25) is 0 Å². The lowest BCUT2D eigenvalue weighted by Crippen LogP contribution is -2.23. The van der Waals surface area contributed by atoms with E-state index in [1.54, 1.807) is 36.4 Å². The Kier molecular flexibility index (Phi) is 4.84. The third kappa shape index (κ3) is 4.29. The molecule has 0 bridgehead atoms. The number of hydrogen-bond donors (Lipinski definition) is 2. The van der Waals surface area contributed by atoms with E-state index in [1.165, 1.54) is 18.5 Å². The summed E-state index contributed by atoms with van der Waals surface area (Å²) in [6, 6.07) is 12.7. The largest absolute Gasteiger partial charge is 0.459 e. The number of halogens is 1. The van der Waals surface area contributed by atoms with Crippen molar-refractivity contribution >= 4 is 17.5 Å². The second kappa shape index (κ2) is 7.39. The summed E-state index contributed by atoms with van der Waals surface area (Å²) in [5, 5.41) is 5.39. The van der Waals surface area contributed by atoms with Crippen molar-refractivity contribution in [3.8, 4) is 0 Å². The number of furan rings is 1. The minimum atomic E-state index is -0.713. The van der Waals surface area contributed by atoms with Crippen molar-refractivity contribution in [2.24, 2.45) is 0 Å². The maximum absolute atomic E-state index is 13.0. The van der Waals surface area contributed by atoms with Crippen molar-refractivity contribution in [3.63, 3.8) is 0 Å². The van der Waals surface area contributed by atoms with E-state index in [4.69, 9.17) is 4.42 Å². The normalized spacial score (nSPS) is 10.3. The van der Waals surface area contributed by atoms with E-state index < -0.39 is 11.9 Å². The van der Waals surface area contributed by atoms with Gasteiger partial charge in [-0.15, -0.1) is 0 Å². The van der Waals surface area contributed by atoms with E-state index in [1.807, 2.05) is 0 Å². The number of carbonyl (C=O) groups is 2. The summed E-state index contributed by atoms with van der Waals surface area (Å²) in [5.41, 5.74) is 1.54. The maximum atomic E-state index is 13.0. The molecule has 6 nitrogen and oxygen atoms in total. The van der Waals surface area contributed by atoms with Crippen LogP contribution in [0.15, 0.2) is 65.4 Å². The molecule has 0 saturated carbocycles. The smallest absolute Gasteiger partial charge is 0.291 e. The summed E-state index contributed by atoms with van der Waals surface area (Å²) in [5.74, 6) is -1.28. The number of pyridine rings is 1. The number of benzene rings is 1. The van der Waals surface area contributed by atoms with Gasteiger partial charge in [-0.2, -0.15) is 4.39 Å². The summed E-state index contributed by atoms with van der Waals surface area (Å²) >= 11 is 0. The molecule has 126 valence electrons. The van der Waals surface area contributed by atoms with Crippen molar-refractivity contribution in [2.75, 3.05) is 5.32 Å². The molecule has 25 heavy (non-hydrogen) atoms. The Morgan fingerprint density at radius 1 is 1.08 bits per heavy atom. The van der Waals surface area contributed by atoms with E-state index in [0.717, 1.165) is 11.6 Å². The van der Waals surface area contributed by atoms with Crippen LogP contribution in [0.5, 0.6) is 0 Å². The first kappa shape index (κ1) is 16.4. The van der Waals surface area contributed by atoms with Crippen molar-refractivity contribution < 1.29 is 18.4 Å². The van der Waals surface area contributed by atoms with Crippen LogP contribution in [0.25, 0.3) is 0 Å². The SMILES string of the molecule is O=C(NCc1cccc(NC(=O)c2ccco2)c1)c1ccnc(F)c1. The molecule has 2 amide bonds. The number of nitrogens with one attached hydrogen (secondary N) is 2. The Labute approximate surface area is 142 Å². The second-order valence-corrected chi connectivity index (χ2v) is 5.18. The van der Waals surface area contributed by atoms with Crippen LogP contribution >= 0.6 is 0 Å². The van der Waals surface area contributed by atoms with Gasteiger partial charge in [0.15, 0.2) is 5.76 Å². The summed E-state index contributed by atoms with van der Waals surface area (Å²) in [7, 11) is 0. The first-order valence-corrected chi connectivity index (χ1v) is 7.45. The van der Waals surface area contributed by atoms with Gasteiger partial charge in [0.2, 0.25) is 5.95 Å². The lowest BCUT2D eigenvalue weighted by atomic mass is 10.2. The predicted molar refractivity (Wildman–Crippen MR) is 88.5 cm³/mol. The minimum Gasteiger partial charge on any atom is -0.459 e. The van der Waals surface area contributed by atoms with Gasteiger partial charge in [0.25, 0.3) is 11.8 Å². The van der Waals surface area contributed by atoms with Crippen LogP contribution < -0.4 is 10.6 Å². The van der Waals surface area contributed by atoms with Crippen LogP contribution in [-0.2, 0) is 6.54 Å². The van der Waals surface area contributed by atoms with Gasteiger partial charge in [0.1, 0.15) is 0 Å². The van der Waals surface area contributed by atoms with Gasteiger partial charge in [-0.05, 0) is 35.9 Å². The molecule has 2 heterocycles. The zero-order valence-corrected chi connectivity index (χ0v) is 13.0. The average Bonchev–Trinajstić information content (AvgIpc) is 3.15. The highest BCUT2D eigenvalue weighted by Gasteiger charge is 2.10. The fourth-order valence-electron chi connectivity index (χ4n) is 2.19.